The average Bonchev–Trinajstić information content (AvgIpc) is 3.46. The number of furan rings is 1. The Hall–Kier alpha value is -4.22. The number of hydrogen-bond donors (Lipinski definition) is 0. The van der Waals surface area contributed by atoms with Crippen LogP contribution < -0.4 is 5.19 Å². The van der Waals surface area contributed by atoms with E-state index in [0.717, 1.165) is 62.3 Å². The number of aryl methyl sites for hydroxylation is 2. The van der Waals surface area contributed by atoms with Gasteiger partial charge in [-0.05, 0) is 47.0 Å². The molecular formula is C45H47IrN3OSi-2. The van der Waals surface area contributed by atoms with Gasteiger partial charge >= 0.3 is 0 Å². The molecule has 4 heterocycles. The second-order valence-electron chi connectivity index (χ2n) is 14.9. The van der Waals surface area contributed by atoms with Crippen molar-refractivity contribution in [3.8, 4) is 22.5 Å². The third-order valence-corrected chi connectivity index (χ3v) is 11.2. The van der Waals surface area contributed by atoms with Crippen molar-refractivity contribution >= 4 is 35.2 Å². The molecule has 3 aromatic carbocycles. The van der Waals surface area contributed by atoms with E-state index in [4.69, 9.17) is 14.4 Å². The van der Waals surface area contributed by atoms with Gasteiger partial charge in [-0.3, -0.25) is 4.98 Å². The molecule has 7 rings (SSSR count). The SMILES string of the molecule is Cc1c[c-]c(-c2cc(C(C)C)c([Si](C)(C)C)cn2)cc1.Cc1cc2oc3c[c-]c(-c4cc(C(C)C)ccn4)cc3c2c(Cc2ccccc2)n1.[Ir]. The van der Waals surface area contributed by atoms with Crippen LogP contribution in [-0.4, -0.2) is 23.0 Å². The first-order chi connectivity index (χ1) is 23.9. The van der Waals surface area contributed by atoms with E-state index < -0.39 is 8.07 Å². The second kappa shape index (κ2) is 16.0. The van der Waals surface area contributed by atoms with E-state index in [2.05, 4.69) is 138 Å². The number of nitrogens with zero attached hydrogens (tertiary/aromatic N) is 3. The third-order valence-electron chi connectivity index (χ3n) is 9.14. The molecule has 263 valence electrons. The summed E-state index contributed by atoms with van der Waals surface area (Å²) in [6.45, 7) is 20.2. The Morgan fingerprint density at radius 3 is 2.14 bits per heavy atom. The Morgan fingerprint density at radius 1 is 0.745 bits per heavy atom. The fourth-order valence-corrected chi connectivity index (χ4v) is 8.03. The van der Waals surface area contributed by atoms with Crippen molar-refractivity contribution in [3.05, 3.63) is 143 Å². The third kappa shape index (κ3) is 8.81. The van der Waals surface area contributed by atoms with Gasteiger partial charge in [0.2, 0.25) is 0 Å². The zero-order valence-corrected chi connectivity index (χ0v) is 34.6. The number of benzene rings is 3. The number of pyridine rings is 3. The number of aromatic nitrogens is 3. The second-order valence-corrected chi connectivity index (χ2v) is 20.0. The van der Waals surface area contributed by atoms with Crippen LogP contribution in [0.15, 0.2) is 102 Å². The Morgan fingerprint density at radius 2 is 1.47 bits per heavy atom. The molecule has 4 nitrogen and oxygen atoms in total. The van der Waals surface area contributed by atoms with Crippen LogP contribution in [0.5, 0.6) is 0 Å². The summed E-state index contributed by atoms with van der Waals surface area (Å²) < 4.78 is 6.17. The molecule has 0 aliphatic rings. The summed E-state index contributed by atoms with van der Waals surface area (Å²) in [5.41, 5.74) is 12.9. The van der Waals surface area contributed by atoms with Crippen LogP contribution >= 0.6 is 0 Å². The van der Waals surface area contributed by atoms with Crippen LogP contribution in [0.4, 0.5) is 0 Å². The molecule has 0 amide bonds. The normalized spacial score (nSPS) is 11.5. The monoisotopic (exact) mass is 866 g/mol. The van der Waals surface area contributed by atoms with Crippen molar-refractivity contribution in [1.82, 2.24) is 15.0 Å². The zero-order valence-electron chi connectivity index (χ0n) is 31.2. The van der Waals surface area contributed by atoms with Gasteiger partial charge in [0.05, 0.1) is 19.4 Å². The minimum atomic E-state index is -1.35. The first-order valence-electron chi connectivity index (χ1n) is 17.6. The van der Waals surface area contributed by atoms with Crippen LogP contribution in [-0.2, 0) is 26.5 Å². The largest absolute Gasteiger partial charge is 0.500 e. The maximum atomic E-state index is 6.17. The summed E-state index contributed by atoms with van der Waals surface area (Å²) in [6, 6.07) is 36.0. The van der Waals surface area contributed by atoms with Gasteiger partial charge in [-0.25, -0.2) is 0 Å². The van der Waals surface area contributed by atoms with E-state index in [1.54, 1.807) is 0 Å². The molecule has 0 fully saturated rings. The summed E-state index contributed by atoms with van der Waals surface area (Å²) >= 11 is 0. The maximum absolute atomic E-state index is 6.17. The van der Waals surface area contributed by atoms with E-state index in [1.807, 2.05) is 37.4 Å². The predicted octanol–water partition coefficient (Wildman–Crippen LogP) is 11.4. The van der Waals surface area contributed by atoms with Gasteiger partial charge in [0.1, 0.15) is 5.58 Å². The summed E-state index contributed by atoms with van der Waals surface area (Å²) in [6.07, 6.45) is 4.75. The van der Waals surface area contributed by atoms with E-state index in [1.165, 1.54) is 27.4 Å². The predicted molar refractivity (Wildman–Crippen MR) is 212 cm³/mol. The molecule has 0 aliphatic carbocycles. The maximum Gasteiger partial charge on any atom is 0.124 e. The van der Waals surface area contributed by atoms with Crippen molar-refractivity contribution < 1.29 is 24.5 Å². The number of fused-ring (bicyclic) bond motifs is 3. The minimum absolute atomic E-state index is 0. The average molecular weight is 866 g/mol. The van der Waals surface area contributed by atoms with Crippen LogP contribution in [0.2, 0.25) is 19.6 Å². The van der Waals surface area contributed by atoms with Crippen molar-refractivity contribution in [2.45, 2.75) is 79.4 Å². The molecule has 0 unspecified atom stereocenters. The fourth-order valence-electron chi connectivity index (χ4n) is 6.35. The molecule has 51 heavy (non-hydrogen) atoms. The van der Waals surface area contributed by atoms with Crippen LogP contribution in [0.25, 0.3) is 44.5 Å². The smallest absolute Gasteiger partial charge is 0.124 e. The zero-order chi connectivity index (χ0) is 35.6. The first kappa shape index (κ1) is 38.0. The van der Waals surface area contributed by atoms with Gasteiger partial charge in [-0.15, -0.1) is 59.2 Å². The molecule has 6 heteroatoms. The Kier molecular flexibility index (Phi) is 11.9. The van der Waals surface area contributed by atoms with Crippen molar-refractivity contribution in [2.75, 3.05) is 0 Å². The van der Waals surface area contributed by atoms with Crippen molar-refractivity contribution in [3.63, 3.8) is 0 Å². The summed E-state index contributed by atoms with van der Waals surface area (Å²) in [7, 11) is -1.35. The number of hydrogen-bond acceptors (Lipinski definition) is 4. The van der Waals surface area contributed by atoms with Crippen LogP contribution in [0.1, 0.15) is 73.2 Å². The van der Waals surface area contributed by atoms with Crippen molar-refractivity contribution in [2.24, 2.45) is 0 Å². The summed E-state index contributed by atoms with van der Waals surface area (Å²) in [5, 5.41) is 3.62. The standard InChI is InChI=1S/C27H23N2O.C18H24NSi.Ir/c1-17(2)20-11-12-28-23(16-20)21-9-10-25-22(15-21)27-24(14-19-7-5-4-6-8-19)29-18(3)13-26(27)30-25;1-13(2)16-11-17(15-9-7-14(3)8-10-15)19-12-18(16)20(4,5)6;/h4-8,10-13,15-17H,14H2,1-3H3;7-9,11-13H,1-6H3;/q2*-1;. The molecular weight excluding hydrogens is 819 g/mol. The Bertz CT molecular complexity index is 2250. The molecule has 0 N–H and O–H groups in total. The van der Waals surface area contributed by atoms with E-state index >= 15 is 0 Å². The van der Waals surface area contributed by atoms with Crippen molar-refractivity contribution in [1.29, 1.82) is 0 Å². The molecule has 0 aliphatic heterocycles. The molecule has 0 saturated heterocycles. The fraction of sp³-hybridized carbons (Fsp3) is 0.267. The van der Waals surface area contributed by atoms with E-state index in [-0.39, 0.29) is 20.1 Å². The van der Waals surface area contributed by atoms with Gasteiger partial charge in [0, 0.05) is 56.1 Å². The molecule has 0 spiro atoms. The van der Waals surface area contributed by atoms with Gasteiger partial charge in [-0.1, -0.05) is 113 Å². The Balaban J connectivity index is 0.000000211. The summed E-state index contributed by atoms with van der Waals surface area (Å²) in [4.78, 5) is 14.2. The first-order valence-corrected chi connectivity index (χ1v) is 21.1. The van der Waals surface area contributed by atoms with Gasteiger partial charge < -0.3 is 14.4 Å². The van der Waals surface area contributed by atoms with E-state index in [9.17, 15) is 0 Å². The summed E-state index contributed by atoms with van der Waals surface area (Å²) in [5.74, 6) is 0.985. The molecule has 0 saturated carbocycles. The Labute approximate surface area is 318 Å². The minimum Gasteiger partial charge on any atom is -0.500 e. The quantitative estimate of drug-likeness (QED) is 0.118. The van der Waals surface area contributed by atoms with Crippen LogP contribution in [0.3, 0.4) is 0 Å². The van der Waals surface area contributed by atoms with Gasteiger partial charge in [-0.2, -0.15) is 0 Å². The van der Waals surface area contributed by atoms with Gasteiger partial charge in [0.25, 0.3) is 0 Å². The van der Waals surface area contributed by atoms with E-state index in [0.29, 0.717) is 11.8 Å². The number of rotatable bonds is 7. The topological polar surface area (TPSA) is 51.8 Å². The van der Waals surface area contributed by atoms with Crippen LogP contribution in [0, 0.1) is 26.0 Å². The van der Waals surface area contributed by atoms with Gasteiger partial charge in [0.15, 0.2) is 0 Å². The molecule has 1 radical (unpaired) electrons. The molecule has 0 atom stereocenters. The molecule has 0 bridgehead atoms. The molecule has 7 aromatic rings. The molecule has 4 aromatic heterocycles.